The molecule has 1 aliphatic rings. The van der Waals surface area contributed by atoms with Gasteiger partial charge in [-0.05, 0) is 0 Å². The molecule has 1 aromatic rings. The number of ether oxygens (including phenoxy) is 1. The van der Waals surface area contributed by atoms with Gasteiger partial charge in [-0.15, -0.1) is 11.3 Å². The lowest BCUT2D eigenvalue weighted by molar-refractivity contribution is 0.0687. The molecule has 1 aromatic heterocycles. The molecule has 2 heterocycles. The predicted octanol–water partition coefficient (Wildman–Crippen LogP) is -0.0860. The van der Waals surface area contributed by atoms with E-state index in [1.54, 1.807) is 0 Å². The van der Waals surface area contributed by atoms with Crippen LogP contribution < -0.4 is 0 Å². The highest BCUT2D eigenvalue weighted by atomic mass is 32.2. The lowest BCUT2D eigenvalue weighted by Gasteiger charge is -2.32. The van der Waals surface area contributed by atoms with Gasteiger partial charge in [0.2, 0.25) is 0 Å². The van der Waals surface area contributed by atoms with Crippen LogP contribution in [0, 0.1) is 0 Å². The number of carboxylic acids is 1. The number of methoxy groups -OCH3 is 1. The fraction of sp³-hybridized carbons (Fsp3) is 0.500. The van der Waals surface area contributed by atoms with Crippen molar-refractivity contribution in [3.8, 4) is 0 Å². The summed E-state index contributed by atoms with van der Waals surface area (Å²) in [6, 6.07) is 0. The number of rotatable bonds is 3. The Hall–Kier alpha value is -1.72. The Bertz CT molecular complexity index is 648. The monoisotopic (exact) mass is 335 g/mol. The molecule has 0 aliphatic carbocycles. The number of carbonyl (C=O) groups excluding carboxylic acids is 1. The fourth-order valence-electron chi connectivity index (χ4n) is 1.92. The number of thiazole rings is 1. The van der Waals surface area contributed by atoms with Crippen LogP contribution in [0.1, 0.15) is 10.5 Å². The highest BCUT2D eigenvalue weighted by molar-refractivity contribution is 7.91. The van der Waals surface area contributed by atoms with Crippen LogP contribution in [0.4, 0.5) is 4.79 Å². The molecule has 116 valence electrons. The van der Waals surface area contributed by atoms with Crippen LogP contribution in [0.15, 0.2) is 9.72 Å². The Morgan fingerprint density at radius 1 is 1.33 bits per heavy atom. The first-order chi connectivity index (χ1) is 9.87. The largest absolute Gasteiger partial charge is 0.476 e. The Morgan fingerprint density at radius 2 is 1.95 bits per heavy atom. The number of hydrogen-bond donors (Lipinski definition) is 1. The number of carbonyl (C=O) groups is 2. The summed E-state index contributed by atoms with van der Waals surface area (Å²) in [7, 11) is -2.67. The van der Waals surface area contributed by atoms with Crippen LogP contribution in [0.5, 0.6) is 0 Å². The maximum atomic E-state index is 12.4. The number of nitrogens with zero attached hydrogens (tertiary/aromatic N) is 3. The zero-order valence-electron chi connectivity index (χ0n) is 11.1. The molecule has 1 saturated heterocycles. The van der Waals surface area contributed by atoms with Gasteiger partial charge in [-0.1, -0.05) is 0 Å². The molecule has 1 aliphatic heterocycles. The minimum absolute atomic E-state index is 0.0778. The summed E-state index contributed by atoms with van der Waals surface area (Å²) in [5, 5.41) is 8.95. The van der Waals surface area contributed by atoms with Crippen molar-refractivity contribution in [2.45, 2.75) is 4.21 Å². The van der Waals surface area contributed by atoms with E-state index in [4.69, 9.17) is 5.11 Å². The fourth-order valence-corrected chi connectivity index (χ4v) is 4.62. The van der Waals surface area contributed by atoms with Gasteiger partial charge in [-0.3, -0.25) is 0 Å². The molecule has 2 rings (SSSR count). The summed E-state index contributed by atoms with van der Waals surface area (Å²) >= 11 is 0.763. The van der Waals surface area contributed by atoms with E-state index in [-0.39, 0.29) is 30.4 Å². The molecule has 1 amide bonds. The smallest absolute Gasteiger partial charge is 0.409 e. The van der Waals surface area contributed by atoms with Crippen LogP contribution in [0.2, 0.25) is 0 Å². The molecule has 0 bridgehead atoms. The highest BCUT2D eigenvalue weighted by Gasteiger charge is 2.34. The van der Waals surface area contributed by atoms with Crippen LogP contribution in [-0.2, 0) is 14.8 Å². The lowest BCUT2D eigenvalue weighted by Crippen LogP contribution is -2.50. The van der Waals surface area contributed by atoms with Crippen LogP contribution in [-0.4, -0.2) is 73.1 Å². The molecule has 0 saturated carbocycles. The van der Waals surface area contributed by atoms with E-state index in [1.165, 1.54) is 17.5 Å². The SMILES string of the molecule is COC(=O)N1CCN(S(=O)(=O)c2scnc2C(=O)O)CC1. The summed E-state index contributed by atoms with van der Waals surface area (Å²) in [4.78, 5) is 27.3. The standard InChI is InChI=1S/C10H13N3O6S2/c1-19-10(16)12-2-4-13(5-3-12)21(17,18)9-7(8(14)15)11-6-20-9/h6H,2-5H2,1H3,(H,14,15). The van der Waals surface area contributed by atoms with Crippen LogP contribution >= 0.6 is 11.3 Å². The van der Waals surface area contributed by atoms with E-state index < -0.39 is 27.8 Å². The second-order valence-corrected chi connectivity index (χ2v) is 7.14. The number of hydrogen-bond acceptors (Lipinski definition) is 7. The van der Waals surface area contributed by atoms with Gasteiger partial charge in [-0.2, -0.15) is 4.31 Å². The van der Waals surface area contributed by atoms with E-state index in [2.05, 4.69) is 9.72 Å². The number of aromatic carboxylic acids is 1. The molecule has 21 heavy (non-hydrogen) atoms. The van der Waals surface area contributed by atoms with Crippen molar-refractivity contribution in [1.82, 2.24) is 14.2 Å². The van der Waals surface area contributed by atoms with Crippen molar-refractivity contribution in [3.63, 3.8) is 0 Å². The number of aromatic nitrogens is 1. The number of sulfonamides is 1. The molecule has 11 heteroatoms. The maximum absolute atomic E-state index is 12.4. The minimum Gasteiger partial charge on any atom is -0.476 e. The van der Waals surface area contributed by atoms with Crippen molar-refractivity contribution < 1.29 is 27.9 Å². The second-order valence-electron chi connectivity index (χ2n) is 4.15. The first kappa shape index (κ1) is 15.7. The van der Waals surface area contributed by atoms with Gasteiger partial charge < -0.3 is 14.7 Å². The van der Waals surface area contributed by atoms with Crippen molar-refractivity contribution in [1.29, 1.82) is 0 Å². The van der Waals surface area contributed by atoms with Gasteiger partial charge in [0, 0.05) is 26.2 Å². The van der Waals surface area contributed by atoms with Crippen molar-refractivity contribution in [2.24, 2.45) is 0 Å². The summed E-state index contributed by atoms with van der Waals surface area (Å²) in [6.07, 6.45) is -0.518. The Labute approximate surface area is 124 Å². The molecule has 0 radical (unpaired) electrons. The second kappa shape index (κ2) is 5.95. The third-order valence-electron chi connectivity index (χ3n) is 2.98. The molecular weight excluding hydrogens is 322 g/mol. The zero-order valence-corrected chi connectivity index (χ0v) is 12.7. The third kappa shape index (κ3) is 2.99. The first-order valence-electron chi connectivity index (χ1n) is 5.87. The van der Waals surface area contributed by atoms with Gasteiger partial charge in [-0.25, -0.2) is 23.0 Å². The number of carboxylic acid groups (broad SMARTS) is 1. The van der Waals surface area contributed by atoms with Crippen LogP contribution in [0.3, 0.4) is 0 Å². The molecule has 0 spiro atoms. The zero-order chi connectivity index (χ0) is 15.6. The van der Waals surface area contributed by atoms with Gasteiger partial charge in [0.1, 0.15) is 0 Å². The van der Waals surface area contributed by atoms with Gasteiger partial charge in [0.05, 0.1) is 12.6 Å². The van der Waals surface area contributed by atoms with Crippen molar-refractivity contribution in [3.05, 3.63) is 11.2 Å². The average Bonchev–Trinajstić information content (AvgIpc) is 2.97. The summed E-state index contributed by atoms with van der Waals surface area (Å²) < 4.78 is 30.3. The predicted molar refractivity (Wildman–Crippen MR) is 71.8 cm³/mol. The molecule has 0 unspecified atom stereocenters. The average molecular weight is 335 g/mol. The molecule has 0 aromatic carbocycles. The van der Waals surface area contributed by atoms with Crippen molar-refractivity contribution >= 4 is 33.4 Å². The lowest BCUT2D eigenvalue weighted by atomic mass is 10.4. The molecule has 0 atom stereocenters. The highest BCUT2D eigenvalue weighted by Crippen LogP contribution is 2.25. The first-order valence-corrected chi connectivity index (χ1v) is 8.19. The third-order valence-corrected chi connectivity index (χ3v) is 6.23. The molecule has 9 nitrogen and oxygen atoms in total. The topological polar surface area (TPSA) is 117 Å². The molecule has 1 fully saturated rings. The van der Waals surface area contributed by atoms with E-state index in [1.807, 2.05) is 0 Å². The summed E-state index contributed by atoms with van der Waals surface area (Å²) in [6.45, 7) is 0.531. The van der Waals surface area contributed by atoms with Crippen LogP contribution in [0.25, 0.3) is 0 Å². The molecule has 1 N–H and O–H groups in total. The number of amides is 1. The summed E-state index contributed by atoms with van der Waals surface area (Å²) in [5.74, 6) is -1.39. The quantitative estimate of drug-likeness (QED) is 0.820. The minimum atomic E-state index is -3.92. The normalized spacial score (nSPS) is 16.7. The molecular formula is C10H13N3O6S2. The van der Waals surface area contributed by atoms with Gasteiger partial charge >= 0.3 is 12.1 Å². The maximum Gasteiger partial charge on any atom is 0.409 e. The van der Waals surface area contributed by atoms with Crippen molar-refractivity contribution in [2.75, 3.05) is 33.3 Å². The van der Waals surface area contributed by atoms with Gasteiger partial charge in [0.15, 0.2) is 9.90 Å². The Morgan fingerprint density at radius 3 is 2.48 bits per heavy atom. The Balaban J connectivity index is 2.17. The van der Waals surface area contributed by atoms with E-state index in [0.29, 0.717) is 0 Å². The van der Waals surface area contributed by atoms with E-state index >= 15 is 0 Å². The summed E-state index contributed by atoms with van der Waals surface area (Å²) in [5.41, 5.74) is 0.705. The van der Waals surface area contributed by atoms with Gasteiger partial charge in [0.25, 0.3) is 10.0 Å². The number of piperazine rings is 1. The van der Waals surface area contributed by atoms with E-state index in [0.717, 1.165) is 15.6 Å². The van der Waals surface area contributed by atoms with E-state index in [9.17, 15) is 18.0 Å². The Kier molecular flexibility index (Phi) is 4.44.